The van der Waals surface area contributed by atoms with Crippen molar-refractivity contribution >= 4 is 63.0 Å². The maximum atomic E-state index is 12.8. The molecule has 6 heteroatoms. The summed E-state index contributed by atoms with van der Waals surface area (Å²) in [6.07, 6.45) is 1.78. The highest BCUT2D eigenvalue weighted by Gasteiger charge is 2.35. The number of carbonyl (C=O) groups excluding carboxylic acids is 2. The zero-order chi connectivity index (χ0) is 19.0. The lowest BCUT2D eigenvalue weighted by Crippen LogP contribution is -2.27. The van der Waals surface area contributed by atoms with E-state index >= 15 is 0 Å². The summed E-state index contributed by atoms with van der Waals surface area (Å²) in [4.78, 5) is 26.8. The SMILES string of the molecule is O=C1S/C(=C/c2cccc3ccccc23)C(=O)N1Cc1ccc(Cl)c(Cl)c1. The number of fused-ring (bicyclic) bond motifs is 1. The van der Waals surface area contributed by atoms with Crippen LogP contribution in [0.4, 0.5) is 4.79 Å². The van der Waals surface area contributed by atoms with Gasteiger partial charge in [0.25, 0.3) is 11.1 Å². The van der Waals surface area contributed by atoms with Crippen molar-refractivity contribution in [2.75, 3.05) is 0 Å². The minimum atomic E-state index is -0.302. The molecule has 1 fully saturated rings. The molecule has 2 amide bonds. The minimum absolute atomic E-state index is 0.161. The van der Waals surface area contributed by atoms with Crippen LogP contribution in [0.2, 0.25) is 10.0 Å². The largest absolute Gasteiger partial charge is 0.293 e. The maximum Gasteiger partial charge on any atom is 0.293 e. The van der Waals surface area contributed by atoms with Gasteiger partial charge in [0.1, 0.15) is 0 Å². The van der Waals surface area contributed by atoms with Crippen LogP contribution in [0.5, 0.6) is 0 Å². The van der Waals surface area contributed by atoms with Crippen LogP contribution in [-0.2, 0) is 11.3 Å². The van der Waals surface area contributed by atoms with E-state index in [4.69, 9.17) is 23.2 Å². The van der Waals surface area contributed by atoms with Crippen molar-refractivity contribution in [2.24, 2.45) is 0 Å². The van der Waals surface area contributed by atoms with Crippen LogP contribution in [0.25, 0.3) is 16.8 Å². The molecule has 0 aromatic heterocycles. The lowest BCUT2D eigenvalue weighted by Gasteiger charge is -2.13. The predicted molar refractivity (Wildman–Crippen MR) is 112 cm³/mol. The zero-order valence-electron chi connectivity index (χ0n) is 14.0. The fourth-order valence-electron chi connectivity index (χ4n) is 2.97. The van der Waals surface area contributed by atoms with Crippen molar-refractivity contribution in [1.29, 1.82) is 0 Å². The Hall–Kier alpha value is -2.27. The highest BCUT2D eigenvalue weighted by molar-refractivity contribution is 8.18. The Morgan fingerprint density at radius 1 is 0.926 bits per heavy atom. The summed E-state index contributed by atoms with van der Waals surface area (Å²) in [5.41, 5.74) is 1.66. The molecule has 3 nitrogen and oxygen atoms in total. The second-order valence-electron chi connectivity index (χ2n) is 6.08. The standard InChI is InChI=1S/C21H13Cl2NO2S/c22-17-9-8-13(10-18(17)23)12-24-20(25)19(27-21(24)26)11-15-6-3-5-14-4-1-2-7-16(14)15/h1-11H,12H2/b19-11+. The van der Waals surface area contributed by atoms with Gasteiger partial charge in [-0.1, -0.05) is 71.7 Å². The van der Waals surface area contributed by atoms with Crippen LogP contribution in [0.3, 0.4) is 0 Å². The van der Waals surface area contributed by atoms with E-state index in [1.165, 1.54) is 4.90 Å². The molecule has 0 atom stereocenters. The maximum absolute atomic E-state index is 12.8. The zero-order valence-corrected chi connectivity index (χ0v) is 16.3. The van der Waals surface area contributed by atoms with Crippen LogP contribution in [0, 0.1) is 0 Å². The van der Waals surface area contributed by atoms with Crippen molar-refractivity contribution < 1.29 is 9.59 Å². The summed E-state index contributed by atoms with van der Waals surface area (Å²) in [6.45, 7) is 0.161. The third kappa shape index (κ3) is 3.61. The van der Waals surface area contributed by atoms with Gasteiger partial charge in [-0.15, -0.1) is 0 Å². The van der Waals surface area contributed by atoms with Crippen molar-refractivity contribution in [3.05, 3.63) is 86.7 Å². The molecule has 0 aliphatic carbocycles. The number of amides is 2. The first-order chi connectivity index (χ1) is 13.0. The van der Waals surface area contributed by atoms with Gasteiger partial charge in [0.05, 0.1) is 21.5 Å². The molecule has 1 aliphatic rings. The topological polar surface area (TPSA) is 37.4 Å². The predicted octanol–water partition coefficient (Wildman–Crippen LogP) is 6.38. The van der Waals surface area contributed by atoms with E-state index in [9.17, 15) is 9.59 Å². The number of carbonyl (C=O) groups is 2. The first kappa shape index (κ1) is 18.1. The first-order valence-corrected chi connectivity index (χ1v) is 9.77. The van der Waals surface area contributed by atoms with Gasteiger partial charge >= 0.3 is 0 Å². The van der Waals surface area contributed by atoms with Gasteiger partial charge in [-0.2, -0.15) is 0 Å². The lowest BCUT2D eigenvalue weighted by atomic mass is 10.0. The third-order valence-electron chi connectivity index (χ3n) is 4.31. The van der Waals surface area contributed by atoms with E-state index < -0.39 is 0 Å². The van der Waals surface area contributed by atoms with Gasteiger partial charge in [-0.3, -0.25) is 14.5 Å². The molecule has 3 aromatic carbocycles. The highest BCUT2D eigenvalue weighted by atomic mass is 35.5. The summed E-state index contributed by atoms with van der Waals surface area (Å²) in [5.74, 6) is -0.302. The normalized spacial score (nSPS) is 15.9. The highest BCUT2D eigenvalue weighted by Crippen LogP contribution is 2.35. The fraction of sp³-hybridized carbons (Fsp3) is 0.0476. The Labute approximate surface area is 170 Å². The number of hydrogen-bond acceptors (Lipinski definition) is 3. The second kappa shape index (κ2) is 7.39. The molecule has 1 aliphatic heterocycles. The van der Waals surface area contributed by atoms with E-state index in [1.54, 1.807) is 24.3 Å². The molecule has 3 aromatic rings. The van der Waals surface area contributed by atoms with Crippen LogP contribution < -0.4 is 0 Å². The first-order valence-electron chi connectivity index (χ1n) is 8.20. The molecule has 0 bridgehead atoms. The number of imide groups is 1. The third-order valence-corrected chi connectivity index (χ3v) is 5.95. The number of nitrogens with zero attached hydrogens (tertiary/aromatic N) is 1. The van der Waals surface area contributed by atoms with Crippen molar-refractivity contribution in [3.8, 4) is 0 Å². The Balaban J connectivity index is 1.64. The number of halogens is 2. The van der Waals surface area contributed by atoms with E-state index in [0.717, 1.165) is 33.7 Å². The molecule has 0 radical (unpaired) electrons. The van der Waals surface area contributed by atoms with Gasteiger partial charge in [0.15, 0.2) is 0 Å². The number of hydrogen-bond donors (Lipinski definition) is 0. The average Bonchev–Trinajstić information content (AvgIpc) is 2.92. The van der Waals surface area contributed by atoms with E-state index in [1.807, 2.05) is 42.5 Å². The fourth-order valence-corrected chi connectivity index (χ4v) is 4.12. The summed E-state index contributed by atoms with van der Waals surface area (Å²) < 4.78 is 0. The Bertz CT molecular complexity index is 1110. The van der Waals surface area contributed by atoms with Crippen molar-refractivity contribution in [2.45, 2.75) is 6.54 Å². The summed E-state index contributed by atoms with van der Waals surface area (Å²) in [6, 6.07) is 18.9. The summed E-state index contributed by atoms with van der Waals surface area (Å²) >= 11 is 12.9. The molecule has 134 valence electrons. The second-order valence-corrected chi connectivity index (χ2v) is 7.89. The van der Waals surface area contributed by atoms with E-state index in [2.05, 4.69) is 0 Å². The van der Waals surface area contributed by atoms with Crippen LogP contribution in [0.1, 0.15) is 11.1 Å². The Kier molecular flexibility index (Phi) is 4.96. The van der Waals surface area contributed by atoms with Crippen LogP contribution in [0.15, 0.2) is 65.6 Å². The Morgan fingerprint density at radius 2 is 1.70 bits per heavy atom. The Morgan fingerprint density at radius 3 is 2.52 bits per heavy atom. The van der Waals surface area contributed by atoms with Crippen molar-refractivity contribution in [1.82, 2.24) is 4.90 Å². The molecule has 1 saturated heterocycles. The summed E-state index contributed by atoms with van der Waals surface area (Å²) in [7, 11) is 0. The number of benzene rings is 3. The van der Waals surface area contributed by atoms with E-state index in [0.29, 0.717) is 15.0 Å². The average molecular weight is 414 g/mol. The van der Waals surface area contributed by atoms with Crippen molar-refractivity contribution in [3.63, 3.8) is 0 Å². The van der Waals surface area contributed by atoms with Crippen LogP contribution in [-0.4, -0.2) is 16.0 Å². The van der Waals surface area contributed by atoms with Gasteiger partial charge < -0.3 is 0 Å². The van der Waals surface area contributed by atoms with Gasteiger partial charge in [-0.25, -0.2) is 0 Å². The van der Waals surface area contributed by atoms with Gasteiger partial charge in [-0.05, 0) is 51.9 Å². The lowest BCUT2D eigenvalue weighted by molar-refractivity contribution is -0.123. The molecule has 0 N–H and O–H groups in total. The smallest absolute Gasteiger partial charge is 0.268 e. The van der Waals surface area contributed by atoms with Gasteiger partial charge in [0, 0.05) is 0 Å². The molecule has 0 spiro atoms. The number of rotatable bonds is 3. The number of thioether (sulfide) groups is 1. The summed E-state index contributed by atoms with van der Waals surface area (Å²) in [5, 5.41) is 2.66. The molecule has 0 saturated carbocycles. The minimum Gasteiger partial charge on any atom is -0.268 e. The van der Waals surface area contributed by atoms with Crippen LogP contribution >= 0.6 is 35.0 Å². The van der Waals surface area contributed by atoms with Gasteiger partial charge in [0.2, 0.25) is 0 Å². The quantitative estimate of drug-likeness (QED) is 0.467. The molecule has 27 heavy (non-hydrogen) atoms. The molecule has 1 heterocycles. The monoisotopic (exact) mass is 413 g/mol. The van der Waals surface area contributed by atoms with E-state index in [-0.39, 0.29) is 17.7 Å². The molecule has 4 rings (SSSR count). The molecular weight excluding hydrogens is 401 g/mol. The molecule has 0 unspecified atom stereocenters. The molecular formula is C21H13Cl2NO2S.